The summed E-state index contributed by atoms with van der Waals surface area (Å²) in [4.78, 5) is 22.0. The topological polar surface area (TPSA) is 132 Å². The Morgan fingerprint density at radius 2 is 1.83 bits per heavy atom. The van der Waals surface area contributed by atoms with Crippen LogP contribution in [-0.2, 0) is 22.5 Å². The van der Waals surface area contributed by atoms with E-state index >= 15 is 0 Å². The minimum atomic E-state index is -4.51. The summed E-state index contributed by atoms with van der Waals surface area (Å²) in [5.74, 6) is 1.17. The van der Waals surface area contributed by atoms with Crippen LogP contribution in [0.25, 0.3) is 11.1 Å². The maximum atomic E-state index is 13.0. The van der Waals surface area contributed by atoms with E-state index in [1.54, 1.807) is 30.5 Å². The molecule has 1 unspecified atom stereocenters. The molecule has 1 aliphatic heterocycles. The molecule has 3 aromatic carbocycles. The van der Waals surface area contributed by atoms with E-state index in [0.717, 1.165) is 28.8 Å². The fraction of sp³-hybridized carbons (Fsp3) is 0.207. The highest BCUT2D eigenvalue weighted by Crippen LogP contribution is 2.31. The van der Waals surface area contributed by atoms with Gasteiger partial charge in [0.25, 0.3) is 0 Å². The van der Waals surface area contributed by atoms with Crippen LogP contribution in [0.15, 0.2) is 83.9 Å². The second-order valence-corrected chi connectivity index (χ2v) is 11.9. The first-order chi connectivity index (χ1) is 20.1. The molecule has 4 aromatic rings. The maximum absolute atomic E-state index is 13.0. The van der Waals surface area contributed by atoms with Gasteiger partial charge in [0.05, 0.1) is 15.3 Å². The zero-order valence-corrected chi connectivity index (χ0v) is 23.1. The van der Waals surface area contributed by atoms with Crippen LogP contribution in [0.1, 0.15) is 24.0 Å². The summed E-state index contributed by atoms with van der Waals surface area (Å²) in [7, 11) is -2.92. The molecule has 218 valence electrons. The number of urea groups is 1. The molecule has 0 saturated carbocycles. The van der Waals surface area contributed by atoms with E-state index in [4.69, 9.17) is 4.78 Å². The highest BCUT2D eigenvalue weighted by atomic mass is 32.2. The second kappa shape index (κ2) is 12.1. The molecule has 13 heteroatoms. The Morgan fingerprint density at radius 3 is 2.67 bits per heavy atom. The molecule has 5 rings (SSSR count). The van der Waals surface area contributed by atoms with Crippen molar-refractivity contribution in [1.82, 2.24) is 15.3 Å². The average molecular weight is 596 g/mol. The lowest BCUT2D eigenvalue weighted by molar-refractivity contribution is -0.137. The van der Waals surface area contributed by atoms with Crippen molar-refractivity contribution in [2.75, 3.05) is 28.2 Å². The molecule has 1 aromatic heterocycles. The molecule has 1 aliphatic rings. The van der Waals surface area contributed by atoms with Crippen LogP contribution in [-0.4, -0.2) is 32.5 Å². The van der Waals surface area contributed by atoms with Gasteiger partial charge in [-0.05, 0) is 66.4 Å². The third-order valence-electron chi connectivity index (χ3n) is 6.55. The van der Waals surface area contributed by atoms with Gasteiger partial charge in [0, 0.05) is 46.9 Å². The summed E-state index contributed by atoms with van der Waals surface area (Å²) >= 11 is 0. The van der Waals surface area contributed by atoms with Crippen LogP contribution in [0, 0.1) is 4.78 Å². The summed E-state index contributed by atoms with van der Waals surface area (Å²) in [6.45, 7) is 0.679. The number of anilines is 4. The number of nitrogens with zero attached hydrogens (tertiary/aromatic N) is 2. The zero-order valence-electron chi connectivity index (χ0n) is 22.3. The van der Waals surface area contributed by atoms with Gasteiger partial charge in [-0.3, -0.25) is 0 Å². The Balaban J connectivity index is 1.32. The van der Waals surface area contributed by atoms with E-state index in [0.29, 0.717) is 41.7 Å². The Bertz CT molecular complexity index is 1710. The summed E-state index contributed by atoms with van der Waals surface area (Å²) in [6, 6.07) is 18.1. The van der Waals surface area contributed by atoms with Crippen molar-refractivity contribution in [2.45, 2.75) is 30.5 Å². The van der Waals surface area contributed by atoms with Crippen molar-refractivity contribution in [1.29, 1.82) is 4.78 Å². The highest BCUT2D eigenvalue weighted by molar-refractivity contribution is 7.92. The SMILES string of the molecule is N=S1(=O)CCCCNc2nc(ncc2-c2cccc(CNC(=O)Nc3cccc(C(F)(F)F)c3)c2)Nc2cccc1c2. The number of hydrogen-bond donors (Lipinski definition) is 5. The Labute approximate surface area is 241 Å². The van der Waals surface area contributed by atoms with E-state index in [-0.39, 0.29) is 18.0 Å². The molecule has 0 fully saturated rings. The fourth-order valence-electron chi connectivity index (χ4n) is 4.43. The van der Waals surface area contributed by atoms with Gasteiger partial charge in [-0.25, -0.2) is 18.8 Å². The lowest BCUT2D eigenvalue weighted by atomic mass is 10.0. The Kier molecular flexibility index (Phi) is 8.29. The van der Waals surface area contributed by atoms with E-state index in [1.165, 1.54) is 12.1 Å². The predicted molar refractivity (Wildman–Crippen MR) is 156 cm³/mol. The maximum Gasteiger partial charge on any atom is 0.416 e. The molecule has 0 saturated heterocycles. The Hall–Kier alpha value is -4.65. The molecule has 9 nitrogen and oxygen atoms in total. The third kappa shape index (κ3) is 7.16. The largest absolute Gasteiger partial charge is 0.416 e. The van der Waals surface area contributed by atoms with Crippen molar-refractivity contribution in [3.05, 3.63) is 90.1 Å². The number of carbonyl (C=O) groups is 1. The van der Waals surface area contributed by atoms with Crippen LogP contribution in [0.3, 0.4) is 0 Å². The molecule has 2 amide bonds. The van der Waals surface area contributed by atoms with E-state index < -0.39 is 27.5 Å². The number of benzene rings is 3. The van der Waals surface area contributed by atoms with Crippen LogP contribution >= 0.6 is 0 Å². The minimum absolute atomic E-state index is 0.0322. The smallest absolute Gasteiger partial charge is 0.369 e. The standard InChI is InChI=1S/C29H28F3N7O2S/c30-29(31,32)21-8-4-9-22(15-21)38-28(40)36-17-19-6-3-7-20(14-19)25-18-35-27-37-23-10-5-11-24(16-23)42(33,41)13-2-1-12-34-26(25)39-27/h3-11,14-16,18,33H,1-2,12-13,17H2,(H2,36,38,40)(H2,34,35,37,39). The van der Waals surface area contributed by atoms with E-state index in [9.17, 15) is 22.2 Å². The van der Waals surface area contributed by atoms with Crippen LogP contribution in [0.5, 0.6) is 0 Å². The van der Waals surface area contributed by atoms with Crippen molar-refractivity contribution < 1.29 is 22.2 Å². The summed E-state index contributed by atoms with van der Waals surface area (Å²) in [5.41, 5.74) is 2.09. The van der Waals surface area contributed by atoms with Gasteiger partial charge in [-0.15, -0.1) is 0 Å². The number of rotatable bonds is 4. The number of carbonyl (C=O) groups excluding carboxylic acids is 1. The van der Waals surface area contributed by atoms with Gasteiger partial charge in [0.1, 0.15) is 5.82 Å². The zero-order chi connectivity index (χ0) is 29.7. The molecule has 2 heterocycles. The second-order valence-electron chi connectivity index (χ2n) is 9.71. The first-order valence-corrected chi connectivity index (χ1v) is 14.9. The summed E-state index contributed by atoms with van der Waals surface area (Å²) in [6.07, 6.45) is -1.54. The number of amides is 2. The summed E-state index contributed by atoms with van der Waals surface area (Å²) in [5, 5.41) is 11.6. The first kappa shape index (κ1) is 28.9. The normalized spacial score (nSPS) is 16.9. The van der Waals surface area contributed by atoms with Crippen LogP contribution in [0.2, 0.25) is 0 Å². The minimum Gasteiger partial charge on any atom is -0.369 e. The number of aromatic nitrogens is 2. The summed E-state index contributed by atoms with van der Waals surface area (Å²) < 4.78 is 60.2. The van der Waals surface area contributed by atoms with Crippen molar-refractivity contribution in [2.24, 2.45) is 0 Å². The number of nitrogens with one attached hydrogen (secondary N) is 5. The molecule has 4 bridgehead atoms. The molecule has 42 heavy (non-hydrogen) atoms. The molecule has 5 N–H and O–H groups in total. The van der Waals surface area contributed by atoms with Gasteiger partial charge < -0.3 is 21.3 Å². The van der Waals surface area contributed by atoms with E-state index in [2.05, 4.69) is 31.2 Å². The third-order valence-corrected chi connectivity index (χ3v) is 8.43. The Morgan fingerprint density at radius 1 is 1.02 bits per heavy atom. The number of fused-ring (bicyclic) bond motifs is 4. The van der Waals surface area contributed by atoms with Gasteiger partial charge in [-0.2, -0.15) is 18.2 Å². The molecular weight excluding hydrogens is 567 g/mol. The quantitative estimate of drug-likeness (QED) is 0.176. The number of halogens is 3. The van der Waals surface area contributed by atoms with Gasteiger partial charge in [0.15, 0.2) is 0 Å². The molecule has 0 spiro atoms. The van der Waals surface area contributed by atoms with Gasteiger partial charge >= 0.3 is 12.2 Å². The fourth-order valence-corrected chi connectivity index (χ4v) is 5.89. The van der Waals surface area contributed by atoms with Gasteiger partial charge in [0.2, 0.25) is 5.95 Å². The van der Waals surface area contributed by atoms with Crippen LogP contribution < -0.4 is 21.3 Å². The molecular formula is C29H28F3N7O2S. The van der Waals surface area contributed by atoms with Crippen molar-refractivity contribution >= 4 is 38.9 Å². The average Bonchev–Trinajstić information content (AvgIpc) is 2.96. The lowest BCUT2D eigenvalue weighted by Gasteiger charge is -2.14. The van der Waals surface area contributed by atoms with E-state index in [1.807, 2.05) is 24.3 Å². The molecule has 1 atom stereocenters. The van der Waals surface area contributed by atoms with Crippen LogP contribution in [0.4, 0.5) is 41.1 Å². The monoisotopic (exact) mass is 595 g/mol. The number of hydrogen-bond acceptors (Lipinski definition) is 7. The number of alkyl halides is 3. The first-order valence-electron chi connectivity index (χ1n) is 13.1. The van der Waals surface area contributed by atoms with Crippen molar-refractivity contribution in [3.63, 3.8) is 0 Å². The molecule has 0 radical (unpaired) electrons. The predicted octanol–water partition coefficient (Wildman–Crippen LogP) is 6.84. The van der Waals surface area contributed by atoms with Gasteiger partial charge in [-0.1, -0.05) is 30.3 Å². The lowest BCUT2D eigenvalue weighted by Crippen LogP contribution is -2.28. The highest BCUT2D eigenvalue weighted by Gasteiger charge is 2.30. The molecule has 0 aliphatic carbocycles. The van der Waals surface area contributed by atoms with Crippen molar-refractivity contribution in [3.8, 4) is 11.1 Å².